The van der Waals surface area contributed by atoms with Gasteiger partial charge in [0.15, 0.2) is 0 Å². The van der Waals surface area contributed by atoms with Crippen molar-refractivity contribution in [3.05, 3.63) is 33.1 Å². The van der Waals surface area contributed by atoms with Crippen LogP contribution in [-0.4, -0.2) is 33.9 Å². The van der Waals surface area contributed by atoms with Crippen LogP contribution in [0.15, 0.2) is 12.3 Å². The number of hydrogen-bond donors (Lipinski definition) is 1. The molecule has 1 amide bonds. The van der Waals surface area contributed by atoms with Crippen molar-refractivity contribution >= 4 is 35.0 Å². The summed E-state index contributed by atoms with van der Waals surface area (Å²) in [7, 11) is 0. The van der Waals surface area contributed by atoms with Crippen molar-refractivity contribution in [2.75, 3.05) is 12.8 Å². The van der Waals surface area contributed by atoms with E-state index in [0.29, 0.717) is 11.8 Å². The molecular weight excluding hydrogens is 290 g/mol. The van der Waals surface area contributed by atoms with E-state index >= 15 is 0 Å². The highest BCUT2D eigenvalue weighted by atomic mass is 35.5. The van der Waals surface area contributed by atoms with Crippen molar-refractivity contribution < 1.29 is 9.72 Å². The van der Waals surface area contributed by atoms with Gasteiger partial charge in [0.2, 0.25) is 5.15 Å². The highest BCUT2D eigenvalue weighted by Gasteiger charge is 2.24. The number of carbonyl (C=O) groups excluding carboxylic acids is 1. The van der Waals surface area contributed by atoms with Gasteiger partial charge in [0.05, 0.1) is 4.92 Å². The van der Waals surface area contributed by atoms with Crippen molar-refractivity contribution in [3.63, 3.8) is 0 Å². The minimum atomic E-state index is -0.700. The molecule has 1 atom stereocenters. The van der Waals surface area contributed by atoms with Crippen molar-refractivity contribution in [3.8, 4) is 0 Å². The van der Waals surface area contributed by atoms with Gasteiger partial charge in [0.1, 0.15) is 5.56 Å². The number of pyridine rings is 1. The van der Waals surface area contributed by atoms with Crippen LogP contribution in [0.4, 0.5) is 5.69 Å². The molecule has 0 bridgehead atoms. The van der Waals surface area contributed by atoms with Crippen LogP contribution in [0.2, 0.25) is 5.15 Å². The van der Waals surface area contributed by atoms with Crippen LogP contribution in [0.3, 0.4) is 0 Å². The van der Waals surface area contributed by atoms with E-state index in [1.54, 1.807) is 11.8 Å². The Morgan fingerprint density at radius 1 is 1.68 bits per heavy atom. The van der Waals surface area contributed by atoms with Gasteiger partial charge >= 0.3 is 5.69 Å². The number of nitrogens with one attached hydrogen (secondary N) is 1. The number of halogens is 1. The number of carbonyl (C=O) groups is 1. The molecule has 1 N–H and O–H groups in total. The Hall–Kier alpha value is -1.34. The second-order valence-electron chi connectivity index (χ2n) is 3.85. The second-order valence-corrected chi connectivity index (χ2v) is 5.48. The second kappa shape index (κ2) is 7.30. The summed E-state index contributed by atoms with van der Waals surface area (Å²) in [6, 6.07) is 1.29. The fourth-order valence-electron chi connectivity index (χ4n) is 1.39. The van der Waals surface area contributed by atoms with E-state index in [-0.39, 0.29) is 10.7 Å². The maximum atomic E-state index is 11.9. The quantitative estimate of drug-likeness (QED) is 0.496. The van der Waals surface area contributed by atoms with Crippen molar-refractivity contribution in [1.29, 1.82) is 0 Å². The minimum absolute atomic E-state index is 0.0678. The van der Waals surface area contributed by atoms with Crippen molar-refractivity contribution in [2.45, 2.75) is 18.6 Å². The van der Waals surface area contributed by atoms with Crippen LogP contribution in [0.5, 0.6) is 0 Å². The van der Waals surface area contributed by atoms with Gasteiger partial charge in [0, 0.05) is 18.0 Å². The Balaban J connectivity index is 2.77. The first kappa shape index (κ1) is 15.7. The molecule has 0 fully saturated rings. The Morgan fingerprint density at radius 2 is 2.37 bits per heavy atom. The number of nitrogens with zero attached hydrogens (tertiary/aromatic N) is 2. The number of nitro groups is 1. The third kappa shape index (κ3) is 4.36. The summed E-state index contributed by atoms with van der Waals surface area (Å²) in [6.07, 6.45) is 4.05. The zero-order valence-corrected chi connectivity index (χ0v) is 12.1. The molecule has 1 aromatic heterocycles. The van der Waals surface area contributed by atoms with Gasteiger partial charge in [0.25, 0.3) is 5.91 Å². The maximum absolute atomic E-state index is 11.9. The van der Waals surface area contributed by atoms with Crippen LogP contribution in [0.1, 0.15) is 23.7 Å². The van der Waals surface area contributed by atoms with Gasteiger partial charge in [-0.25, -0.2) is 4.98 Å². The molecule has 0 aliphatic carbocycles. The number of amides is 1. The maximum Gasteiger partial charge on any atom is 0.319 e. The van der Waals surface area contributed by atoms with Crippen molar-refractivity contribution in [1.82, 2.24) is 10.3 Å². The van der Waals surface area contributed by atoms with Crippen LogP contribution >= 0.6 is 23.4 Å². The average Bonchev–Trinajstić information content (AvgIpc) is 2.37. The largest absolute Gasteiger partial charge is 0.352 e. The summed E-state index contributed by atoms with van der Waals surface area (Å²) in [4.78, 5) is 25.7. The van der Waals surface area contributed by atoms with E-state index in [1.165, 1.54) is 12.3 Å². The molecule has 0 saturated heterocycles. The lowest BCUT2D eigenvalue weighted by molar-refractivity contribution is -0.385. The van der Waals surface area contributed by atoms with E-state index in [1.807, 2.05) is 13.2 Å². The Labute approximate surface area is 120 Å². The number of rotatable bonds is 6. The summed E-state index contributed by atoms with van der Waals surface area (Å²) in [5.41, 5.74) is -0.526. The van der Waals surface area contributed by atoms with Gasteiger partial charge < -0.3 is 5.32 Å². The van der Waals surface area contributed by atoms with Crippen LogP contribution in [0, 0.1) is 10.1 Å². The fraction of sp³-hybridized carbons (Fsp3) is 0.455. The summed E-state index contributed by atoms with van der Waals surface area (Å²) in [6.45, 7) is 2.50. The van der Waals surface area contributed by atoms with Gasteiger partial charge in [-0.15, -0.1) is 0 Å². The van der Waals surface area contributed by atoms with E-state index in [2.05, 4.69) is 10.3 Å². The third-order valence-electron chi connectivity index (χ3n) is 2.55. The molecule has 1 unspecified atom stereocenters. The van der Waals surface area contributed by atoms with Crippen LogP contribution < -0.4 is 5.32 Å². The molecule has 6 nitrogen and oxygen atoms in total. The van der Waals surface area contributed by atoms with Crippen LogP contribution in [0.25, 0.3) is 0 Å². The van der Waals surface area contributed by atoms with Gasteiger partial charge in [-0.1, -0.05) is 18.5 Å². The summed E-state index contributed by atoms with van der Waals surface area (Å²) in [5, 5.41) is 13.6. The molecule has 0 spiro atoms. The van der Waals surface area contributed by atoms with Gasteiger partial charge in [-0.2, -0.15) is 11.8 Å². The molecule has 19 heavy (non-hydrogen) atoms. The lowest BCUT2D eigenvalue weighted by atomic mass is 10.2. The fourth-order valence-corrected chi connectivity index (χ4v) is 1.97. The van der Waals surface area contributed by atoms with Crippen LogP contribution in [-0.2, 0) is 0 Å². The molecule has 1 heterocycles. The Bertz CT molecular complexity index is 484. The van der Waals surface area contributed by atoms with E-state index in [0.717, 1.165) is 6.42 Å². The third-order valence-corrected chi connectivity index (χ3v) is 3.86. The summed E-state index contributed by atoms with van der Waals surface area (Å²) in [5.74, 6) is -0.510. The highest BCUT2D eigenvalue weighted by Crippen LogP contribution is 2.25. The molecule has 0 aromatic carbocycles. The monoisotopic (exact) mass is 303 g/mol. The molecule has 1 aromatic rings. The summed E-state index contributed by atoms with van der Waals surface area (Å²) >= 11 is 7.33. The first-order valence-electron chi connectivity index (χ1n) is 5.57. The molecule has 8 heteroatoms. The zero-order valence-electron chi connectivity index (χ0n) is 10.6. The van der Waals surface area contributed by atoms with Gasteiger partial charge in [-0.05, 0) is 18.7 Å². The molecule has 0 aliphatic heterocycles. The molecule has 1 rings (SSSR count). The first-order chi connectivity index (χ1) is 8.97. The summed E-state index contributed by atoms with van der Waals surface area (Å²) < 4.78 is 0. The number of aromatic nitrogens is 1. The molecule has 104 valence electrons. The van der Waals surface area contributed by atoms with E-state index in [9.17, 15) is 14.9 Å². The van der Waals surface area contributed by atoms with Crippen molar-refractivity contribution in [2.24, 2.45) is 0 Å². The molecule has 0 radical (unpaired) electrons. The zero-order chi connectivity index (χ0) is 14.4. The Kier molecular flexibility index (Phi) is 6.04. The normalized spacial score (nSPS) is 11.9. The average molecular weight is 304 g/mol. The minimum Gasteiger partial charge on any atom is -0.352 e. The predicted octanol–water partition coefficient (Wildman–Crippen LogP) is 2.51. The predicted molar refractivity (Wildman–Crippen MR) is 75.8 cm³/mol. The molecule has 0 aliphatic rings. The molecule has 0 saturated carbocycles. The van der Waals surface area contributed by atoms with E-state index in [4.69, 9.17) is 11.6 Å². The van der Waals surface area contributed by atoms with Gasteiger partial charge in [-0.3, -0.25) is 14.9 Å². The van der Waals surface area contributed by atoms with E-state index < -0.39 is 16.5 Å². The smallest absolute Gasteiger partial charge is 0.319 e. The standard InChI is InChI=1S/C11H14ClN3O3S/c1-7(19-2)3-5-14-11(16)8-4-6-13-10(12)9(8)15(17)18/h4,6-7H,3,5H2,1-2H3,(H,14,16). The Morgan fingerprint density at radius 3 is 2.95 bits per heavy atom. The highest BCUT2D eigenvalue weighted by molar-refractivity contribution is 7.99. The lowest BCUT2D eigenvalue weighted by Gasteiger charge is -2.09. The topological polar surface area (TPSA) is 85.1 Å². The molecular formula is C11H14ClN3O3S. The number of hydrogen-bond acceptors (Lipinski definition) is 5. The SMILES string of the molecule is CSC(C)CCNC(=O)c1ccnc(Cl)c1[N+](=O)[O-]. The first-order valence-corrected chi connectivity index (χ1v) is 7.23. The lowest BCUT2D eigenvalue weighted by Crippen LogP contribution is -2.26. The number of thioether (sulfide) groups is 1.